The van der Waals surface area contributed by atoms with Gasteiger partial charge < -0.3 is 9.47 Å². The summed E-state index contributed by atoms with van der Waals surface area (Å²) < 4.78 is 11.9. The summed E-state index contributed by atoms with van der Waals surface area (Å²) in [6.45, 7) is 19.6. The number of aromatic nitrogens is 1. The van der Waals surface area contributed by atoms with Crippen LogP contribution in [0.2, 0.25) is 0 Å². The fourth-order valence-electron chi connectivity index (χ4n) is 5.28. The number of hydrogen-bond acceptors (Lipinski definition) is 6. The lowest BCUT2D eigenvalue weighted by atomic mass is 9.78. The average molecular weight is 461 g/mol. The summed E-state index contributed by atoms with van der Waals surface area (Å²) in [7, 11) is 0. The van der Waals surface area contributed by atoms with Crippen molar-refractivity contribution >= 4 is 11.7 Å². The van der Waals surface area contributed by atoms with Crippen molar-refractivity contribution in [3.63, 3.8) is 0 Å². The molecule has 3 heterocycles. The first kappa shape index (κ1) is 26.1. The molecule has 7 nitrogen and oxygen atoms in total. The van der Waals surface area contributed by atoms with Gasteiger partial charge in [-0.15, -0.1) is 0 Å². The number of pyridine rings is 1. The lowest BCUT2D eigenvalue weighted by Crippen LogP contribution is -2.66. The molecule has 2 aliphatic heterocycles. The molecule has 1 aromatic heterocycles. The number of carbonyl (C=O) groups excluding carboxylic acids is 1. The molecule has 1 amide bonds. The molecule has 0 saturated carbocycles. The first-order valence-corrected chi connectivity index (χ1v) is 12.6. The molecule has 2 aliphatic rings. The monoisotopic (exact) mass is 460 g/mol. The van der Waals surface area contributed by atoms with E-state index >= 15 is 0 Å². The Morgan fingerprint density at radius 2 is 1.97 bits per heavy atom. The Labute approximate surface area is 200 Å². The van der Waals surface area contributed by atoms with E-state index in [1.165, 1.54) is 0 Å². The number of carbonyl (C=O) groups is 1. The van der Waals surface area contributed by atoms with E-state index < -0.39 is 0 Å². The molecule has 2 fully saturated rings. The van der Waals surface area contributed by atoms with Gasteiger partial charge in [-0.2, -0.15) is 0 Å². The third-order valence-electron chi connectivity index (χ3n) is 6.92. The zero-order chi connectivity index (χ0) is 24.1. The zero-order valence-electron chi connectivity index (χ0n) is 21.6. The Balaban J connectivity index is 1.80. The maximum absolute atomic E-state index is 13.1. The van der Waals surface area contributed by atoms with Gasteiger partial charge in [-0.25, -0.2) is 4.98 Å². The van der Waals surface area contributed by atoms with Gasteiger partial charge in [0.15, 0.2) is 0 Å². The first-order chi connectivity index (χ1) is 15.6. The second-order valence-electron chi connectivity index (χ2n) is 10.5. The number of piperazine rings is 1. The number of ether oxygens (including phenoxy) is 2. The molecule has 1 atom stereocenters. The molecule has 33 heavy (non-hydrogen) atoms. The van der Waals surface area contributed by atoms with E-state index in [2.05, 4.69) is 37.5 Å². The summed E-state index contributed by atoms with van der Waals surface area (Å²) in [6, 6.07) is 5.94. The quantitative estimate of drug-likeness (QED) is 0.562. The third-order valence-corrected chi connectivity index (χ3v) is 6.92. The maximum atomic E-state index is 13.1. The zero-order valence-corrected chi connectivity index (χ0v) is 21.6. The molecule has 1 unspecified atom stereocenters. The normalized spacial score (nSPS) is 24.2. The van der Waals surface area contributed by atoms with Gasteiger partial charge in [-0.3, -0.25) is 19.5 Å². The molecular formula is C26H44N4O3. The second kappa shape index (κ2) is 11.3. The van der Waals surface area contributed by atoms with Crippen LogP contribution in [0.15, 0.2) is 18.2 Å². The van der Waals surface area contributed by atoms with Crippen LogP contribution < -0.4 is 4.90 Å². The van der Waals surface area contributed by atoms with Gasteiger partial charge >= 0.3 is 0 Å². The van der Waals surface area contributed by atoms with Crippen LogP contribution in [0.1, 0.15) is 59.6 Å². The fourth-order valence-corrected chi connectivity index (χ4v) is 5.28. The molecule has 0 aliphatic carbocycles. The molecule has 0 bridgehead atoms. The van der Waals surface area contributed by atoms with Crippen LogP contribution in [0.25, 0.3) is 0 Å². The molecule has 0 radical (unpaired) electrons. The Morgan fingerprint density at radius 3 is 2.58 bits per heavy atom. The van der Waals surface area contributed by atoms with Crippen molar-refractivity contribution in [2.75, 3.05) is 57.4 Å². The molecule has 3 rings (SSSR count). The largest absolute Gasteiger partial charge is 0.377 e. The minimum absolute atomic E-state index is 0.126. The maximum Gasteiger partial charge on any atom is 0.227 e. The highest BCUT2D eigenvalue weighted by Crippen LogP contribution is 2.38. The van der Waals surface area contributed by atoms with E-state index in [0.717, 1.165) is 63.7 Å². The Kier molecular flexibility index (Phi) is 8.89. The van der Waals surface area contributed by atoms with Crippen LogP contribution in [0.5, 0.6) is 0 Å². The van der Waals surface area contributed by atoms with E-state index in [9.17, 15) is 4.79 Å². The topological polar surface area (TPSA) is 58.1 Å². The standard InChI is InChI=1S/C26H44N4O3/c1-7-24(31)30(23-10-8-9-22(4)27-23)20-26(11-17-33-25(5,6)19-26)29-14-12-28(13-15-29)16-18-32-21(2)3/h8-10,21H,7,11-20H2,1-6H3. The van der Waals surface area contributed by atoms with E-state index in [0.29, 0.717) is 19.6 Å². The van der Waals surface area contributed by atoms with Crippen LogP contribution in [0, 0.1) is 6.92 Å². The van der Waals surface area contributed by atoms with Gasteiger partial charge in [0.05, 0.1) is 18.3 Å². The van der Waals surface area contributed by atoms with Crippen molar-refractivity contribution in [3.8, 4) is 0 Å². The smallest absolute Gasteiger partial charge is 0.227 e. The van der Waals surface area contributed by atoms with Crippen molar-refractivity contribution in [1.82, 2.24) is 14.8 Å². The predicted octanol–water partition coefficient (Wildman–Crippen LogP) is 3.50. The molecule has 186 valence electrons. The van der Waals surface area contributed by atoms with Gasteiger partial charge in [-0.05, 0) is 59.6 Å². The van der Waals surface area contributed by atoms with Crippen LogP contribution in [-0.2, 0) is 14.3 Å². The molecule has 1 aromatic rings. The molecule has 0 N–H and O–H groups in total. The van der Waals surface area contributed by atoms with Gasteiger partial charge in [0.1, 0.15) is 5.82 Å². The van der Waals surface area contributed by atoms with Crippen LogP contribution in [0.3, 0.4) is 0 Å². The van der Waals surface area contributed by atoms with Crippen molar-refractivity contribution in [3.05, 3.63) is 23.9 Å². The summed E-state index contributed by atoms with van der Waals surface area (Å²) in [6.07, 6.45) is 2.56. The van der Waals surface area contributed by atoms with Crippen LogP contribution >= 0.6 is 0 Å². The van der Waals surface area contributed by atoms with Crippen LogP contribution in [0.4, 0.5) is 5.82 Å². The van der Waals surface area contributed by atoms with Crippen molar-refractivity contribution < 1.29 is 14.3 Å². The minimum atomic E-state index is -0.221. The molecule has 0 spiro atoms. The fraction of sp³-hybridized carbons (Fsp3) is 0.769. The van der Waals surface area contributed by atoms with E-state index in [1.807, 2.05) is 36.9 Å². The highest BCUT2D eigenvalue weighted by molar-refractivity contribution is 5.92. The Hall–Kier alpha value is -1.54. The first-order valence-electron chi connectivity index (χ1n) is 12.6. The SMILES string of the molecule is CCC(=O)N(CC1(N2CCN(CCOC(C)C)CC2)CCOC(C)(C)C1)c1cccc(C)n1. The minimum Gasteiger partial charge on any atom is -0.377 e. The number of amides is 1. The van der Waals surface area contributed by atoms with Crippen molar-refractivity contribution in [2.45, 2.75) is 78.0 Å². The summed E-state index contributed by atoms with van der Waals surface area (Å²) in [4.78, 5) is 24.9. The highest BCUT2D eigenvalue weighted by atomic mass is 16.5. The number of hydrogen-bond donors (Lipinski definition) is 0. The Bertz CT molecular complexity index is 777. The highest BCUT2D eigenvalue weighted by Gasteiger charge is 2.47. The number of nitrogens with zero attached hydrogens (tertiary/aromatic N) is 4. The van der Waals surface area contributed by atoms with E-state index in [4.69, 9.17) is 14.5 Å². The number of aryl methyl sites for hydroxylation is 1. The predicted molar refractivity (Wildman–Crippen MR) is 133 cm³/mol. The van der Waals surface area contributed by atoms with Crippen molar-refractivity contribution in [2.24, 2.45) is 0 Å². The summed E-state index contributed by atoms with van der Waals surface area (Å²) in [5.41, 5.74) is 0.583. The van der Waals surface area contributed by atoms with Crippen LogP contribution in [-0.4, -0.2) is 90.4 Å². The third kappa shape index (κ3) is 6.98. The molecule has 7 heteroatoms. The molecule has 2 saturated heterocycles. The summed E-state index contributed by atoms with van der Waals surface area (Å²) in [5.74, 6) is 0.885. The van der Waals surface area contributed by atoms with Gasteiger partial charge in [0, 0.05) is 63.5 Å². The van der Waals surface area contributed by atoms with E-state index in [1.54, 1.807) is 0 Å². The van der Waals surface area contributed by atoms with Gasteiger partial charge in [0.2, 0.25) is 5.91 Å². The van der Waals surface area contributed by atoms with Gasteiger partial charge in [-0.1, -0.05) is 13.0 Å². The lowest BCUT2D eigenvalue weighted by molar-refractivity contribution is -0.130. The number of anilines is 1. The molecule has 0 aromatic carbocycles. The lowest BCUT2D eigenvalue weighted by Gasteiger charge is -2.54. The van der Waals surface area contributed by atoms with Crippen molar-refractivity contribution in [1.29, 1.82) is 0 Å². The molecular weight excluding hydrogens is 416 g/mol. The van der Waals surface area contributed by atoms with Gasteiger partial charge in [0.25, 0.3) is 0 Å². The second-order valence-corrected chi connectivity index (χ2v) is 10.5. The average Bonchev–Trinajstić information content (AvgIpc) is 2.76. The van der Waals surface area contributed by atoms with E-state index in [-0.39, 0.29) is 23.2 Å². The Morgan fingerprint density at radius 1 is 1.24 bits per heavy atom. The summed E-state index contributed by atoms with van der Waals surface area (Å²) >= 11 is 0. The number of rotatable bonds is 9. The summed E-state index contributed by atoms with van der Waals surface area (Å²) in [5, 5.41) is 0.